The number of methoxy groups -OCH3 is 1. The lowest BCUT2D eigenvalue weighted by Gasteiger charge is -2.15. The Kier molecular flexibility index (Phi) is 5.03. The maximum atomic E-state index is 11.4. The molecule has 0 radical (unpaired) electrons. The van der Waals surface area contributed by atoms with E-state index in [0.29, 0.717) is 11.6 Å². The van der Waals surface area contributed by atoms with Gasteiger partial charge in [-0.25, -0.2) is 14.8 Å². The molecule has 18 heavy (non-hydrogen) atoms. The average Bonchev–Trinajstić information content (AvgIpc) is 2.34. The summed E-state index contributed by atoms with van der Waals surface area (Å²) in [4.78, 5) is 20.0. The van der Waals surface area contributed by atoms with Crippen molar-refractivity contribution in [2.45, 2.75) is 32.7 Å². The summed E-state index contributed by atoms with van der Waals surface area (Å²) in [6.07, 6.45) is 0. The summed E-state index contributed by atoms with van der Waals surface area (Å²) < 4.78 is 4.58. The summed E-state index contributed by atoms with van der Waals surface area (Å²) in [6.45, 7) is 5.47. The average molecular weight is 253 g/mol. The van der Waals surface area contributed by atoms with Gasteiger partial charge in [-0.15, -0.1) is 0 Å². The number of nitrogens with zero attached hydrogens (tertiary/aromatic N) is 2. The molecule has 0 bridgehead atoms. The Hall–Kier alpha value is -1.69. The minimum atomic E-state index is -0.815. The molecule has 1 atom stereocenters. The van der Waals surface area contributed by atoms with Crippen LogP contribution < -0.4 is 5.32 Å². The van der Waals surface area contributed by atoms with Crippen LogP contribution in [0.3, 0.4) is 0 Å². The van der Waals surface area contributed by atoms with E-state index in [1.165, 1.54) is 7.11 Å². The summed E-state index contributed by atoms with van der Waals surface area (Å²) >= 11 is 0. The maximum absolute atomic E-state index is 11.4. The number of aliphatic hydroxyl groups excluding tert-OH is 1. The molecule has 6 nitrogen and oxygen atoms in total. The number of carbonyl (C=O) groups excluding carboxylic acids is 1. The van der Waals surface area contributed by atoms with Crippen molar-refractivity contribution in [3.8, 4) is 0 Å². The lowest BCUT2D eigenvalue weighted by Crippen LogP contribution is -2.34. The third-order valence-electron chi connectivity index (χ3n) is 2.38. The van der Waals surface area contributed by atoms with Crippen molar-refractivity contribution in [1.29, 1.82) is 0 Å². The minimum absolute atomic E-state index is 0.191. The maximum Gasteiger partial charge on any atom is 0.330 e. The fourth-order valence-electron chi connectivity index (χ4n) is 1.42. The number of carbonyl (C=O) groups is 1. The normalized spacial score (nSPS) is 12.3. The predicted octanol–water partition coefficient (Wildman–Crippen LogP) is 0.854. The van der Waals surface area contributed by atoms with Gasteiger partial charge in [-0.05, 0) is 6.92 Å². The van der Waals surface area contributed by atoms with Gasteiger partial charge in [0.15, 0.2) is 0 Å². The van der Waals surface area contributed by atoms with Gasteiger partial charge in [-0.2, -0.15) is 0 Å². The molecule has 100 valence electrons. The number of hydrogen-bond acceptors (Lipinski definition) is 6. The fraction of sp³-hybridized carbons (Fsp3) is 0.583. The van der Waals surface area contributed by atoms with Crippen LogP contribution in [0.1, 0.15) is 31.3 Å². The third-order valence-corrected chi connectivity index (χ3v) is 2.38. The van der Waals surface area contributed by atoms with Crippen LogP contribution in [0.25, 0.3) is 0 Å². The first-order chi connectivity index (χ1) is 8.47. The Bertz CT molecular complexity index is 421. The zero-order valence-electron chi connectivity index (χ0n) is 11.1. The molecular weight excluding hydrogens is 234 g/mol. The van der Waals surface area contributed by atoms with Gasteiger partial charge >= 0.3 is 5.97 Å². The first kappa shape index (κ1) is 14.4. The lowest BCUT2D eigenvalue weighted by atomic mass is 10.2. The van der Waals surface area contributed by atoms with Crippen molar-refractivity contribution >= 4 is 11.8 Å². The van der Waals surface area contributed by atoms with Crippen molar-refractivity contribution in [2.75, 3.05) is 19.0 Å². The third kappa shape index (κ3) is 3.66. The van der Waals surface area contributed by atoms with Gasteiger partial charge in [0, 0.05) is 17.7 Å². The molecule has 1 rings (SSSR count). The van der Waals surface area contributed by atoms with E-state index < -0.39 is 12.0 Å². The molecule has 1 heterocycles. The molecule has 0 amide bonds. The number of aromatic nitrogens is 2. The molecule has 2 N–H and O–H groups in total. The van der Waals surface area contributed by atoms with E-state index in [-0.39, 0.29) is 12.5 Å². The van der Waals surface area contributed by atoms with E-state index in [9.17, 15) is 4.79 Å². The van der Waals surface area contributed by atoms with E-state index in [0.717, 1.165) is 5.69 Å². The number of anilines is 1. The summed E-state index contributed by atoms with van der Waals surface area (Å²) in [5.74, 6) is 0.866. The molecule has 0 saturated carbocycles. The van der Waals surface area contributed by atoms with Crippen molar-refractivity contribution in [3.05, 3.63) is 17.6 Å². The second kappa shape index (κ2) is 6.30. The van der Waals surface area contributed by atoms with Crippen LogP contribution in [-0.2, 0) is 9.53 Å². The quantitative estimate of drug-likeness (QED) is 0.757. The van der Waals surface area contributed by atoms with Gasteiger partial charge in [0.05, 0.1) is 13.7 Å². The Morgan fingerprint density at radius 2 is 2.17 bits per heavy atom. The van der Waals surface area contributed by atoms with Crippen molar-refractivity contribution < 1.29 is 14.6 Å². The smallest absolute Gasteiger partial charge is 0.330 e. The molecule has 0 saturated heterocycles. The predicted molar refractivity (Wildman–Crippen MR) is 67.4 cm³/mol. The van der Waals surface area contributed by atoms with Crippen LogP contribution in [-0.4, -0.2) is 40.8 Å². The highest BCUT2D eigenvalue weighted by molar-refractivity contribution is 5.78. The zero-order chi connectivity index (χ0) is 13.7. The van der Waals surface area contributed by atoms with Gasteiger partial charge in [-0.1, -0.05) is 13.8 Å². The van der Waals surface area contributed by atoms with Crippen LogP contribution in [0, 0.1) is 6.92 Å². The van der Waals surface area contributed by atoms with Crippen LogP contribution in [0.2, 0.25) is 0 Å². The Balaban J connectivity index is 2.92. The van der Waals surface area contributed by atoms with Crippen LogP contribution in [0.4, 0.5) is 5.82 Å². The fourth-order valence-corrected chi connectivity index (χ4v) is 1.42. The molecule has 1 aromatic heterocycles. The van der Waals surface area contributed by atoms with Crippen molar-refractivity contribution in [1.82, 2.24) is 9.97 Å². The standard InChI is InChI=1S/C12H19N3O3/c1-7(2)11-13-8(3)5-10(15-11)14-9(6-16)12(17)18-4/h5,7,9,16H,6H2,1-4H3,(H,13,14,15). The minimum Gasteiger partial charge on any atom is -0.467 e. The molecule has 0 aromatic carbocycles. The van der Waals surface area contributed by atoms with E-state index in [4.69, 9.17) is 5.11 Å². The number of nitrogens with one attached hydrogen (secondary N) is 1. The van der Waals surface area contributed by atoms with Gasteiger partial charge < -0.3 is 15.2 Å². The summed E-state index contributed by atoms with van der Waals surface area (Å²) in [7, 11) is 1.28. The summed E-state index contributed by atoms with van der Waals surface area (Å²) in [5.41, 5.74) is 0.803. The number of rotatable bonds is 5. The number of aliphatic hydroxyl groups is 1. The first-order valence-corrected chi connectivity index (χ1v) is 5.78. The zero-order valence-corrected chi connectivity index (χ0v) is 11.1. The van der Waals surface area contributed by atoms with Crippen molar-refractivity contribution in [3.63, 3.8) is 0 Å². The number of aryl methyl sites for hydroxylation is 1. The molecular formula is C12H19N3O3. The molecule has 0 aliphatic heterocycles. The van der Waals surface area contributed by atoms with Gasteiger partial charge in [-0.3, -0.25) is 0 Å². The summed E-state index contributed by atoms with van der Waals surface area (Å²) in [5, 5.41) is 12.0. The first-order valence-electron chi connectivity index (χ1n) is 5.78. The Labute approximate surface area is 106 Å². The monoisotopic (exact) mass is 253 g/mol. The van der Waals surface area contributed by atoms with E-state index in [1.54, 1.807) is 6.07 Å². The van der Waals surface area contributed by atoms with Crippen LogP contribution in [0.5, 0.6) is 0 Å². The highest BCUT2D eigenvalue weighted by atomic mass is 16.5. The highest BCUT2D eigenvalue weighted by Crippen LogP contribution is 2.14. The largest absolute Gasteiger partial charge is 0.467 e. The van der Waals surface area contributed by atoms with Gasteiger partial charge in [0.1, 0.15) is 17.7 Å². The molecule has 0 aliphatic carbocycles. The molecule has 0 fully saturated rings. The van der Waals surface area contributed by atoms with E-state index in [1.807, 2.05) is 20.8 Å². The molecule has 0 spiro atoms. The SMILES string of the molecule is COC(=O)C(CO)Nc1cc(C)nc(C(C)C)n1. The Morgan fingerprint density at radius 1 is 1.50 bits per heavy atom. The molecule has 6 heteroatoms. The van der Waals surface area contributed by atoms with Gasteiger partial charge in [0.2, 0.25) is 0 Å². The summed E-state index contributed by atoms with van der Waals surface area (Å²) in [6, 6.07) is 0.904. The van der Waals surface area contributed by atoms with Crippen molar-refractivity contribution in [2.24, 2.45) is 0 Å². The van der Waals surface area contributed by atoms with Gasteiger partial charge in [0.25, 0.3) is 0 Å². The lowest BCUT2D eigenvalue weighted by molar-refractivity contribution is -0.142. The number of hydrogen-bond donors (Lipinski definition) is 2. The number of esters is 1. The van der Waals surface area contributed by atoms with Crippen LogP contribution in [0.15, 0.2) is 6.07 Å². The van der Waals surface area contributed by atoms with E-state index in [2.05, 4.69) is 20.0 Å². The second-order valence-electron chi connectivity index (χ2n) is 4.31. The highest BCUT2D eigenvalue weighted by Gasteiger charge is 2.19. The molecule has 1 unspecified atom stereocenters. The van der Waals surface area contributed by atoms with Crippen LogP contribution >= 0.6 is 0 Å². The number of ether oxygens (including phenoxy) is 1. The molecule has 0 aliphatic rings. The second-order valence-corrected chi connectivity index (χ2v) is 4.31. The van der Waals surface area contributed by atoms with E-state index >= 15 is 0 Å². The molecule has 1 aromatic rings. The Morgan fingerprint density at radius 3 is 2.67 bits per heavy atom. The topological polar surface area (TPSA) is 84.3 Å².